The Morgan fingerprint density at radius 1 is 0.463 bits per heavy atom. The highest BCUT2D eigenvalue weighted by molar-refractivity contribution is 5.50. The molecular weight excluding hydrogens is 665 g/mol. The van der Waals surface area contributed by atoms with Crippen LogP contribution in [0.1, 0.15) is 108 Å². The van der Waals surface area contributed by atoms with Gasteiger partial charge >= 0.3 is 0 Å². The molecular formula is C50H58O4. The third kappa shape index (κ3) is 7.12. The molecule has 5 aromatic rings. The molecule has 0 radical (unpaired) electrons. The van der Waals surface area contributed by atoms with Crippen molar-refractivity contribution in [1.82, 2.24) is 0 Å². The van der Waals surface area contributed by atoms with Gasteiger partial charge in [0, 0.05) is 10.8 Å². The molecule has 0 heterocycles. The number of phenolic OH excluding ortho intramolecular Hbond substituents is 4. The van der Waals surface area contributed by atoms with E-state index in [0.29, 0.717) is 46.7 Å². The first-order valence-corrected chi connectivity index (χ1v) is 20.1. The summed E-state index contributed by atoms with van der Waals surface area (Å²) >= 11 is 0. The average molecular weight is 723 g/mol. The number of hydrogen-bond donors (Lipinski definition) is 4. The fraction of sp³-hybridized carbons (Fsp3) is 0.400. The molecule has 0 spiro atoms. The van der Waals surface area contributed by atoms with Gasteiger partial charge in [-0.3, -0.25) is 0 Å². The molecule has 2 aliphatic carbocycles. The van der Waals surface area contributed by atoms with Crippen molar-refractivity contribution in [1.29, 1.82) is 0 Å². The molecule has 2 saturated carbocycles. The molecule has 4 N–H and O–H groups in total. The first kappa shape index (κ1) is 37.6. The molecule has 0 saturated heterocycles. The van der Waals surface area contributed by atoms with Gasteiger partial charge in [-0.05, 0) is 183 Å². The molecule has 2 fully saturated rings. The van der Waals surface area contributed by atoms with Gasteiger partial charge in [0.05, 0.1) is 0 Å². The van der Waals surface area contributed by atoms with E-state index in [1.54, 1.807) is 0 Å². The second-order valence-electron chi connectivity index (χ2n) is 17.4. The van der Waals surface area contributed by atoms with E-state index in [2.05, 4.69) is 86.6 Å². The van der Waals surface area contributed by atoms with Crippen molar-refractivity contribution in [3.63, 3.8) is 0 Å². The van der Waals surface area contributed by atoms with E-state index >= 15 is 0 Å². The quantitative estimate of drug-likeness (QED) is 0.129. The highest BCUT2D eigenvalue weighted by Crippen LogP contribution is 2.52. The summed E-state index contributed by atoms with van der Waals surface area (Å²) in [5.74, 6) is 3.45. The van der Waals surface area contributed by atoms with Crippen molar-refractivity contribution in [2.75, 3.05) is 0 Å². The molecule has 4 unspecified atom stereocenters. The molecule has 0 amide bonds. The van der Waals surface area contributed by atoms with Crippen LogP contribution in [0.3, 0.4) is 0 Å². The lowest BCUT2D eigenvalue weighted by molar-refractivity contribution is 0.184. The molecule has 0 aromatic heterocycles. The SMILES string of the molecule is Cc1cc(C2(c3ccc(O)c(C)c3)CCC(Cc3cccc(CC4CCC(c5ccc(O)c(C)c5)(c5ccc(O)c(C)c5)CC4C)c3)C(C)C2)ccc1O. The standard InChI is InChI=1S/C50H58O4/c1-31-22-41(10-14-45(31)51)49(42-11-15-46(52)32(2)23-42)20-18-39(35(5)29-49)27-37-8-7-9-38(26-37)28-40-19-21-50(30-36(40)6,43-12-16-47(53)33(3)24-43)44-13-17-48(54)34(4)25-44/h7-17,22-26,35-36,39-40,51-54H,18-21,27-30H2,1-6H3. The smallest absolute Gasteiger partial charge is 0.118 e. The van der Waals surface area contributed by atoms with Crippen LogP contribution in [0.25, 0.3) is 0 Å². The van der Waals surface area contributed by atoms with Crippen molar-refractivity contribution in [3.05, 3.63) is 153 Å². The van der Waals surface area contributed by atoms with Gasteiger partial charge in [-0.15, -0.1) is 0 Å². The van der Waals surface area contributed by atoms with Crippen molar-refractivity contribution in [3.8, 4) is 23.0 Å². The molecule has 4 heteroatoms. The van der Waals surface area contributed by atoms with Crippen LogP contribution < -0.4 is 0 Å². The van der Waals surface area contributed by atoms with Gasteiger partial charge in [0.1, 0.15) is 23.0 Å². The number of hydrogen-bond acceptors (Lipinski definition) is 4. The van der Waals surface area contributed by atoms with Gasteiger partial charge in [0.25, 0.3) is 0 Å². The average Bonchev–Trinajstić information content (AvgIpc) is 3.15. The summed E-state index contributed by atoms with van der Waals surface area (Å²) in [5.41, 5.74) is 11.1. The Bertz CT molecular complexity index is 1890. The zero-order chi connectivity index (χ0) is 38.4. The maximum atomic E-state index is 10.4. The van der Waals surface area contributed by atoms with E-state index in [1.165, 1.54) is 33.4 Å². The lowest BCUT2D eigenvalue weighted by atomic mass is 9.58. The predicted molar refractivity (Wildman–Crippen MR) is 220 cm³/mol. The van der Waals surface area contributed by atoms with Crippen LogP contribution in [0.5, 0.6) is 23.0 Å². The van der Waals surface area contributed by atoms with Gasteiger partial charge in [0.15, 0.2) is 0 Å². The monoisotopic (exact) mass is 722 g/mol. The zero-order valence-corrected chi connectivity index (χ0v) is 33.0. The van der Waals surface area contributed by atoms with Crippen molar-refractivity contribution in [2.45, 2.75) is 104 Å². The lowest BCUT2D eigenvalue weighted by Gasteiger charge is -2.45. The lowest BCUT2D eigenvalue weighted by Crippen LogP contribution is -2.38. The van der Waals surface area contributed by atoms with E-state index in [4.69, 9.17) is 0 Å². The zero-order valence-electron chi connectivity index (χ0n) is 33.0. The van der Waals surface area contributed by atoms with Gasteiger partial charge in [-0.1, -0.05) is 86.6 Å². The molecule has 282 valence electrons. The first-order chi connectivity index (χ1) is 25.8. The van der Waals surface area contributed by atoms with Gasteiger partial charge < -0.3 is 20.4 Å². The van der Waals surface area contributed by atoms with Crippen LogP contribution in [-0.2, 0) is 23.7 Å². The van der Waals surface area contributed by atoms with Crippen LogP contribution in [0.2, 0.25) is 0 Å². The Hall–Kier alpha value is -4.70. The largest absolute Gasteiger partial charge is 0.508 e. The van der Waals surface area contributed by atoms with Crippen LogP contribution in [0, 0.1) is 51.4 Å². The van der Waals surface area contributed by atoms with Crippen LogP contribution in [-0.4, -0.2) is 20.4 Å². The summed E-state index contributed by atoms with van der Waals surface area (Å²) in [5, 5.41) is 41.5. The van der Waals surface area contributed by atoms with Gasteiger partial charge in [-0.2, -0.15) is 0 Å². The normalized spacial score (nSPS) is 22.2. The van der Waals surface area contributed by atoms with Gasteiger partial charge in [0.2, 0.25) is 0 Å². The predicted octanol–water partition coefficient (Wildman–Crippen LogP) is 11.7. The molecule has 0 bridgehead atoms. The van der Waals surface area contributed by atoms with E-state index < -0.39 is 0 Å². The van der Waals surface area contributed by atoms with E-state index in [0.717, 1.165) is 73.6 Å². The third-order valence-electron chi connectivity index (χ3n) is 13.8. The summed E-state index contributed by atoms with van der Waals surface area (Å²) in [6.07, 6.45) is 8.45. The fourth-order valence-corrected chi connectivity index (χ4v) is 10.4. The van der Waals surface area contributed by atoms with Crippen LogP contribution in [0.4, 0.5) is 0 Å². The van der Waals surface area contributed by atoms with Crippen molar-refractivity contribution in [2.24, 2.45) is 23.7 Å². The Morgan fingerprint density at radius 2 is 0.778 bits per heavy atom. The third-order valence-corrected chi connectivity index (χ3v) is 13.8. The minimum atomic E-state index is -0.168. The minimum absolute atomic E-state index is 0.168. The summed E-state index contributed by atoms with van der Waals surface area (Å²) in [6.45, 7) is 12.8. The summed E-state index contributed by atoms with van der Waals surface area (Å²) in [6, 6.07) is 33.9. The Kier molecular flexibility index (Phi) is 10.3. The van der Waals surface area contributed by atoms with Crippen LogP contribution >= 0.6 is 0 Å². The molecule has 7 rings (SSSR count). The van der Waals surface area contributed by atoms with Crippen LogP contribution in [0.15, 0.2) is 97.1 Å². The maximum absolute atomic E-state index is 10.4. The summed E-state index contributed by atoms with van der Waals surface area (Å²) in [7, 11) is 0. The number of aryl methyl sites for hydroxylation is 4. The Morgan fingerprint density at radius 3 is 1.06 bits per heavy atom. The number of aromatic hydroxyl groups is 4. The first-order valence-electron chi connectivity index (χ1n) is 20.1. The Balaban J connectivity index is 1.08. The van der Waals surface area contributed by atoms with E-state index in [-0.39, 0.29) is 10.8 Å². The molecule has 4 atom stereocenters. The topological polar surface area (TPSA) is 80.9 Å². The molecule has 54 heavy (non-hydrogen) atoms. The Labute approximate surface area is 322 Å². The number of rotatable bonds is 8. The second-order valence-corrected chi connectivity index (χ2v) is 17.4. The minimum Gasteiger partial charge on any atom is -0.508 e. The summed E-state index contributed by atoms with van der Waals surface area (Å²) in [4.78, 5) is 0. The molecule has 2 aliphatic rings. The highest BCUT2D eigenvalue weighted by Gasteiger charge is 2.43. The molecule has 5 aromatic carbocycles. The van der Waals surface area contributed by atoms with Crippen molar-refractivity contribution < 1.29 is 20.4 Å². The second kappa shape index (κ2) is 14.9. The fourth-order valence-electron chi connectivity index (χ4n) is 10.4. The molecule has 4 nitrogen and oxygen atoms in total. The maximum Gasteiger partial charge on any atom is 0.118 e. The van der Waals surface area contributed by atoms with E-state index in [1.807, 2.05) is 52.0 Å². The molecule has 0 aliphatic heterocycles. The van der Waals surface area contributed by atoms with Crippen molar-refractivity contribution >= 4 is 0 Å². The van der Waals surface area contributed by atoms with Gasteiger partial charge in [-0.25, -0.2) is 0 Å². The summed E-state index contributed by atoms with van der Waals surface area (Å²) < 4.78 is 0. The number of phenols is 4. The van der Waals surface area contributed by atoms with E-state index in [9.17, 15) is 20.4 Å². The number of benzene rings is 5. The highest BCUT2D eigenvalue weighted by atomic mass is 16.3.